The van der Waals surface area contributed by atoms with Crippen molar-refractivity contribution in [3.05, 3.63) is 58.9 Å². The molecule has 0 atom stereocenters. The van der Waals surface area contributed by atoms with E-state index in [2.05, 4.69) is 17.1 Å². The van der Waals surface area contributed by atoms with Gasteiger partial charge in [-0.25, -0.2) is 4.98 Å². The molecule has 0 radical (unpaired) electrons. The van der Waals surface area contributed by atoms with Gasteiger partial charge in [0.15, 0.2) is 0 Å². The zero-order chi connectivity index (χ0) is 15.5. The first-order chi connectivity index (χ1) is 10.7. The van der Waals surface area contributed by atoms with Crippen molar-refractivity contribution in [3.63, 3.8) is 0 Å². The average molecular weight is 311 g/mol. The maximum absolute atomic E-state index is 6.31. The Labute approximate surface area is 134 Å². The predicted octanol–water partition coefficient (Wildman–Crippen LogP) is 3.60. The van der Waals surface area contributed by atoms with E-state index in [4.69, 9.17) is 22.7 Å². The van der Waals surface area contributed by atoms with Crippen molar-refractivity contribution >= 4 is 28.9 Å². The number of aryl methyl sites for hydroxylation is 1. The quantitative estimate of drug-likeness (QED) is 0.748. The molecular formula is C17H17N3OS. The van der Waals surface area contributed by atoms with Gasteiger partial charge in [-0.1, -0.05) is 30.3 Å². The van der Waals surface area contributed by atoms with Crippen molar-refractivity contribution < 1.29 is 4.74 Å². The second-order valence-electron chi connectivity index (χ2n) is 5.05. The van der Waals surface area contributed by atoms with Gasteiger partial charge < -0.3 is 15.0 Å². The van der Waals surface area contributed by atoms with Crippen LogP contribution in [0.5, 0.6) is 5.75 Å². The van der Waals surface area contributed by atoms with Crippen molar-refractivity contribution in [2.75, 3.05) is 12.8 Å². The molecule has 112 valence electrons. The molecule has 0 aliphatic heterocycles. The van der Waals surface area contributed by atoms with E-state index < -0.39 is 0 Å². The molecule has 0 saturated heterocycles. The predicted molar refractivity (Wildman–Crippen MR) is 91.7 cm³/mol. The van der Waals surface area contributed by atoms with E-state index in [-0.39, 0.29) is 0 Å². The Morgan fingerprint density at radius 1 is 1.18 bits per heavy atom. The molecule has 3 rings (SSSR count). The molecule has 4 nitrogen and oxygen atoms in total. The third-order valence-electron chi connectivity index (χ3n) is 3.68. The largest absolute Gasteiger partial charge is 0.497 e. The van der Waals surface area contributed by atoms with Crippen LogP contribution in [0.3, 0.4) is 0 Å². The van der Waals surface area contributed by atoms with Crippen LogP contribution in [0, 0.1) is 4.77 Å². The highest BCUT2D eigenvalue weighted by molar-refractivity contribution is 7.71. The van der Waals surface area contributed by atoms with Crippen LogP contribution in [0.1, 0.15) is 5.56 Å². The molecular weight excluding hydrogens is 294 g/mol. The number of rotatable bonds is 4. The Balaban J connectivity index is 2.00. The highest BCUT2D eigenvalue weighted by Crippen LogP contribution is 2.24. The molecule has 22 heavy (non-hydrogen) atoms. The number of hydrogen-bond donors (Lipinski definition) is 1. The maximum atomic E-state index is 6.31. The maximum Gasteiger partial charge on any atom is 0.201 e. The number of nitrogens with two attached hydrogens (primary N) is 1. The molecule has 2 aromatic carbocycles. The third-order valence-corrected chi connectivity index (χ3v) is 4.00. The van der Waals surface area contributed by atoms with Crippen LogP contribution in [0.4, 0.5) is 5.82 Å². The topological polar surface area (TPSA) is 53.1 Å². The van der Waals surface area contributed by atoms with Gasteiger partial charge in [0.05, 0.1) is 12.6 Å². The van der Waals surface area contributed by atoms with Gasteiger partial charge in [-0.3, -0.25) is 0 Å². The Kier molecular flexibility index (Phi) is 4.06. The van der Waals surface area contributed by atoms with E-state index in [1.165, 1.54) is 5.56 Å². The zero-order valence-corrected chi connectivity index (χ0v) is 13.1. The van der Waals surface area contributed by atoms with Crippen LogP contribution in [0.25, 0.3) is 10.9 Å². The molecule has 0 aliphatic carbocycles. The summed E-state index contributed by atoms with van der Waals surface area (Å²) in [6.45, 7) is 0.703. The lowest BCUT2D eigenvalue weighted by Crippen LogP contribution is -2.11. The smallest absolute Gasteiger partial charge is 0.201 e. The summed E-state index contributed by atoms with van der Waals surface area (Å²) in [6.07, 6.45) is 0.858. The molecule has 0 unspecified atom stereocenters. The molecule has 5 heteroatoms. The van der Waals surface area contributed by atoms with Gasteiger partial charge in [-0.2, -0.15) is 0 Å². The molecule has 1 heterocycles. The summed E-state index contributed by atoms with van der Waals surface area (Å²) < 4.78 is 7.64. The van der Waals surface area contributed by atoms with Crippen LogP contribution in [0.2, 0.25) is 0 Å². The summed E-state index contributed by atoms with van der Waals surface area (Å²) in [5.74, 6) is 1.39. The second kappa shape index (κ2) is 6.15. The Morgan fingerprint density at radius 2 is 1.95 bits per heavy atom. The fourth-order valence-electron chi connectivity index (χ4n) is 2.46. The number of aromatic nitrogens is 2. The van der Waals surface area contributed by atoms with Gasteiger partial charge in [0.25, 0.3) is 0 Å². The van der Waals surface area contributed by atoms with Gasteiger partial charge in [0.2, 0.25) is 4.77 Å². The summed E-state index contributed by atoms with van der Waals surface area (Å²) in [7, 11) is 1.63. The summed E-state index contributed by atoms with van der Waals surface area (Å²) in [5, 5.41) is 0.862. The van der Waals surface area contributed by atoms with Crippen molar-refractivity contribution in [2.45, 2.75) is 13.0 Å². The third kappa shape index (κ3) is 2.80. The van der Waals surface area contributed by atoms with Gasteiger partial charge in [0.1, 0.15) is 11.6 Å². The molecule has 3 aromatic rings. The fraction of sp³-hybridized carbons (Fsp3) is 0.176. The van der Waals surface area contributed by atoms with Crippen molar-refractivity contribution in [2.24, 2.45) is 0 Å². The van der Waals surface area contributed by atoms with E-state index in [1.54, 1.807) is 7.11 Å². The average Bonchev–Trinajstić information content (AvgIpc) is 2.55. The van der Waals surface area contributed by atoms with Crippen LogP contribution in [0.15, 0.2) is 48.5 Å². The van der Waals surface area contributed by atoms with Gasteiger partial charge in [0, 0.05) is 11.9 Å². The van der Waals surface area contributed by atoms with E-state index in [9.17, 15) is 0 Å². The standard InChI is InChI=1S/C17H17N3OS/c1-21-13-7-8-15-14(11-13)16(18)20(17(22)19-15)10-9-12-5-3-2-4-6-12/h2-8,11H,9-10,18H2,1H3. The molecule has 0 saturated carbocycles. The van der Waals surface area contributed by atoms with Gasteiger partial charge in [-0.15, -0.1) is 0 Å². The molecule has 0 bridgehead atoms. The number of anilines is 1. The van der Waals surface area contributed by atoms with Gasteiger partial charge in [-0.05, 0) is 42.4 Å². The minimum Gasteiger partial charge on any atom is -0.497 e. The van der Waals surface area contributed by atoms with Crippen LogP contribution in [-0.4, -0.2) is 16.7 Å². The number of hydrogen-bond acceptors (Lipinski definition) is 4. The molecule has 1 aromatic heterocycles. The number of ether oxygens (including phenoxy) is 1. The Hall–Kier alpha value is -2.40. The van der Waals surface area contributed by atoms with E-state index in [0.29, 0.717) is 17.1 Å². The molecule has 0 fully saturated rings. The van der Waals surface area contributed by atoms with E-state index >= 15 is 0 Å². The van der Waals surface area contributed by atoms with Gasteiger partial charge >= 0.3 is 0 Å². The summed E-state index contributed by atoms with van der Waals surface area (Å²) >= 11 is 5.38. The zero-order valence-electron chi connectivity index (χ0n) is 12.3. The highest BCUT2D eigenvalue weighted by atomic mass is 32.1. The fourth-order valence-corrected chi connectivity index (χ4v) is 2.75. The summed E-state index contributed by atoms with van der Waals surface area (Å²) in [5.41, 5.74) is 8.34. The number of methoxy groups -OCH3 is 1. The number of benzene rings is 2. The lowest BCUT2D eigenvalue weighted by molar-refractivity contribution is 0.415. The van der Waals surface area contributed by atoms with Crippen LogP contribution in [-0.2, 0) is 13.0 Å². The lowest BCUT2D eigenvalue weighted by atomic mass is 10.1. The summed E-state index contributed by atoms with van der Waals surface area (Å²) in [4.78, 5) is 4.47. The Morgan fingerprint density at radius 3 is 2.68 bits per heavy atom. The normalized spacial score (nSPS) is 10.8. The van der Waals surface area contributed by atoms with E-state index in [1.807, 2.05) is 41.0 Å². The van der Waals surface area contributed by atoms with Crippen LogP contribution >= 0.6 is 12.2 Å². The first-order valence-corrected chi connectivity index (χ1v) is 7.48. The number of nitrogens with zero attached hydrogens (tertiary/aromatic N) is 2. The lowest BCUT2D eigenvalue weighted by Gasteiger charge is -2.13. The highest BCUT2D eigenvalue weighted by Gasteiger charge is 2.08. The number of nitrogen functional groups attached to an aromatic ring is 1. The van der Waals surface area contributed by atoms with Crippen LogP contribution < -0.4 is 10.5 Å². The summed E-state index contributed by atoms with van der Waals surface area (Å²) in [6, 6.07) is 15.9. The minimum absolute atomic E-state index is 0.506. The molecule has 0 spiro atoms. The Bertz CT molecular complexity index is 859. The van der Waals surface area contributed by atoms with Crippen molar-refractivity contribution in [1.82, 2.24) is 9.55 Å². The first kappa shape index (κ1) is 14.5. The molecule has 0 aliphatic rings. The monoisotopic (exact) mass is 311 g/mol. The SMILES string of the molecule is COc1ccc2nc(=S)n(CCc3ccccc3)c(N)c2c1. The molecule has 2 N–H and O–H groups in total. The van der Waals surface area contributed by atoms with Crippen molar-refractivity contribution in [1.29, 1.82) is 0 Å². The first-order valence-electron chi connectivity index (χ1n) is 7.07. The molecule has 0 amide bonds. The number of fused-ring (bicyclic) bond motifs is 1. The van der Waals surface area contributed by atoms with Crippen molar-refractivity contribution in [3.8, 4) is 5.75 Å². The second-order valence-corrected chi connectivity index (χ2v) is 5.42. The minimum atomic E-state index is 0.506. The van der Waals surface area contributed by atoms with E-state index in [0.717, 1.165) is 23.1 Å².